The molecule has 1 unspecified atom stereocenters. The predicted molar refractivity (Wildman–Crippen MR) is 66.6 cm³/mol. The number of aliphatic hydroxyl groups is 3. The molecule has 0 aromatic rings. The number of nitrogens with one attached hydrogen (secondary N) is 1. The van der Waals surface area contributed by atoms with Gasteiger partial charge >= 0.3 is 0 Å². The Balaban J connectivity index is 5.04. The van der Waals surface area contributed by atoms with Crippen LogP contribution in [0.1, 0.15) is 25.7 Å². The Hall–Kier alpha value is -0.250. The number of hydrogen-bond donors (Lipinski definition) is 5. The van der Waals surface area contributed by atoms with Crippen molar-refractivity contribution in [3.8, 4) is 0 Å². The number of hydrogen-bond acceptors (Lipinski definition) is 6. The van der Waals surface area contributed by atoms with E-state index in [1.165, 1.54) is 7.05 Å². The molecule has 18 heavy (non-hydrogen) atoms. The lowest BCUT2D eigenvalue weighted by Gasteiger charge is -2.34. The molecule has 5 N–H and O–H groups in total. The Labute approximate surface area is 108 Å². The first-order chi connectivity index (χ1) is 8.35. The fraction of sp³-hybridized carbons (Fsp3) is 1.00. The summed E-state index contributed by atoms with van der Waals surface area (Å²) < 4.78 is 31.4. The van der Waals surface area contributed by atoms with E-state index in [1.54, 1.807) is 0 Å². The average molecular weight is 285 g/mol. The van der Waals surface area contributed by atoms with E-state index in [2.05, 4.69) is 5.32 Å². The average Bonchev–Trinajstić information content (AvgIpc) is 2.25. The van der Waals surface area contributed by atoms with Gasteiger partial charge in [-0.25, -0.2) is 0 Å². The van der Waals surface area contributed by atoms with Crippen LogP contribution in [0.3, 0.4) is 0 Å². The standard InChI is InChI=1S/C10H23NO6S/c1-11-9(18(15,16)17)8-10(2-5-12,3-6-13)4-7-14/h9,11-14H,2-8H2,1H3,(H,15,16,17). The molecule has 0 saturated carbocycles. The fourth-order valence-corrected chi connectivity index (χ4v) is 3.00. The van der Waals surface area contributed by atoms with Crippen LogP contribution in [0.15, 0.2) is 0 Å². The van der Waals surface area contributed by atoms with E-state index in [4.69, 9.17) is 19.9 Å². The van der Waals surface area contributed by atoms with Crippen LogP contribution in [0.5, 0.6) is 0 Å². The Bertz CT molecular complexity index is 301. The maximum absolute atomic E-state index is 11.2. The quantitative estimate of drug-likeness (QED) is 0.324. The van der Waals surface area contributed by atoms with Gasteiger partial charge in [0.1, 0.15) is 5.37 Å². The SMILES string of the molecule is CNC(CC(CCO)(CCO)CCO)S(=O)(=O)O. The zero-order chi connectivity index (χ0) is 14.2. The molecule has 7 nitrogen and oxygen atoms in total. The van der Waals surface area contributed by atoms with Gasteiger partial charge in [-0.15, -0.1) is 0 Å². The minimum absolute atomic E-state index is 0.0179. The molecule has 0 saturated heterocycles. The smallest absolute Gasteiger partial charge is 0.281 e. The molecule has 0 spiro atoms. The van der Waals surface area contributed by atoms with Gasteiger partial charge in [0.05, 0.1) is 0 Å². The van der Waals surface area contributed by atoms with Crippen molar-refractivity contribution in [2.45, 2.75) is 31.1 Å². The van der Waals surface area contributed by atoms with Gasteiger partial charge in [-0.2, -0.15) is 8.42 Å². The first-order valence-electron chi connectivity index (χ1n) is 5.81. The van der Waals surface area contributed by atoms with Crippen molar-refractivity contribution < 1.29 is 28.3 Å². The zero-order valence-corrected chi connectivity index (χ0v) is 11.4. The normalized spacial score (nSPS) is 14.7. The fourth-order valence-electron chi connectivity index (χ4n) is 2.14. The van der Waals surface area contributed by atoms with E-state index in [0.717, 1.165) is 0 Å². The molecule has 0 bridgehead atoms. The van der Waals surface area contributed by atoms with E-state index < -0.39 is 20.9 Å². The Morgan fingerprint density at radius 2 is 1.44 bits per heavy atom. The van der Waals surface area contributed by atoms with Gasteiger partial charge in [0.25, 0.3) is 10.1 Å². The highest BCUT2D eigenvalue weighted by atomic mass is 32.2. The van der Waals surface area contributed by atoms with Crippen molar-refractivity contribution in [3.63, 3.8) is 0 Å². The molecule has 0 aromatic carbocycles. The minimum atomic E-state index is -4.26. The highest BCUT2D eigenvalue weighted by Gasteiger charge is 2.35. The third-order valence-corrected chi connectivity index (χ3v) is 4.35. The maximum Gasteiger partial charge on any atom is 0.281 e. The lowest BCUT2D eigenvalue weighted by Crippen LogP contribution is -2.40. The highest BCUT2D eigenvalue weighted by Crippen LogP contribution is 2.36. The Kier molecular flexibility index (Phi) is 7.92. The van der Waals surface area contributed by atoms with Gasteiger partial charge in [0.2, 0.25) is 0 Å². The van der Waals surface area contributed by atoms with Crippen molar-refractivity contribution in [3.05, 3.63) is 0 Å². The van der Waals surface area contributed by atoms with E-state index in [1.807, 2.05) is 0 Å². The summed E-state index contributed by atoms with van der Waals surface area (Å²) in [6.07, 6.45) is 0.773. The van der Waals surface area contributed by atoms with Crippen LogP contribution in [-0.4, -0.2) is 60.5 Å². The van der Waals surface area contributed by atoms with E-state index in [0.29, 0.717) is 0 Å². The van der Waals surface area contributed by atoms with Crippen LogP contribution in [-0.2, 0) is 10.1 Å². The van der Waals surface area contributed by atoms with Crippen molar-refractivity contribution >= 4 is 10.1 Å². The van der Waals surface area contributed by atoms with Gasteiger partial charge in [-0.05, 0) is 38.1 Å². The summed E-state index contributed by atoms with van der Waals surface area (Å²) >= 11 is 0. The number of rotatable bonds is 10. The summed E-state index contributed by atoms with van der Waals surface area (Å²) in [6, 6.07) is 0. The Morgan fingerprint density at radius 1 is 1.06 bits per heavy atom. The van der Waals surface area contributed by atoms with Crippen LogP contribution >= 0.6 is 0 Å². The third-order valence-electron chi connectivity index (χ3n) is 3.23. The Morgan fingerprint density at radius 3 is 1.67 bits per heavy atom. The van der Waals surface area contributed by atoms with Crippen LogP contribution in [0.2, 0.25) is 0 Å². The summed E-state index contributed by atoms with van der Waals surface area (Å²) in [5.41, 5.74) is -0.721. The zero-order valence-electron chi connectivity index (χ0n) is 10.5. The maximum atomic E-state index is 11.2. The summed E-state index contributed by atoms with van der Waals surface area (Å²) in [4.78, 5) is 0. The van der Waals surface area contributed by atoms with Crippen LogP contribution in [0, 0.1) is 5.41 Å². The molecule has 0 amide bonds. The highest BCUT2D eigenvalue weighted by molar-refractivity contribution is 7.86. The topological polar surface area (TPSA) is 127 Å². The van der Waals surface area contributed by atoms with Crippen LogP contribution in [0.25, 0.3) is 0 Å². The van der Waals surface area contributed by atoms with Crippen LogP contribution in [0.4, 0.5) is 0 Å². The molecule has 0 radical (unpaired) electrons. The van der Waals surface area contributed by atoms with Crippen molar-refractivity contribution in [2.24, 2.45) is 5.41 Å². The van der Waals surface area contributed by atoms with Crippen molar-refractivity contribution in [2.75, 3.05) is 26.9 Å². The summed E-state index contributed by atoms with van der Waals surface area (Å²) in [5, 5.41) is 28.5. The molecule has 0 aliphatic carbocycles. The molecule has 8 heteroatoms. The van der Waals surface area contributed by atoms with Gasteiger partial charge in [0, 0.05) is 19.8 Å². The van der Waals surface area contributed by atoms with Gasteiger partial charge in [0.15, 0.2) is 0 Å². The molecule has 0 aromatic heterocycles. The van der Waals surface area contributed by atoms with Crippen LogP contribution < -0.4 is 5.32 Å². The molecule has 0 heterocycles. The van der Waals surface area contributed by atoms with Gasteiger partial charge < -0.3 is 20.6 Å². The first-order valence-corrected chi connectivity index (χ1v) is 7.31. The summed E-state index contributed by atoms with van der Waals surface area (Å²) in [5.74, 6) is 0. The molecule has 0 fully saturated rings. The molecule has 0 rings (SSSR count). The van der Waals surface area contributed by atoms with E-state index in [9.17, 15) is 8.42 Å². The molecular weight excluding hydrogens is 262 g/mol. The molecular formula is C10H23NO6S. The second-order valence-electron chi connectivity index (χ2n) is 4.42. The van der Waals surface area contributed by atoms with Gasteiger partial charge in [-0.3, -0.25) is 4.55 Å². The summed E-state index contributed by atoms with van der Waals surface area (Å²) in [6.45, 7) is -0.536. The molecule has 0 aliphatic heterocycles. The first kappa shape index (κ1) is 17.8. The second-order valence-corrected chi connectivity index (χ2v) is 6.02. The lowest BCUT2D eigenvalue weighted by atomic mass is 9.75. The monoisotopic (exact) mass is 285 g/mol. The molecule has 110 valence electrons. The third kappa shape index (κ3) is 5.59. The minimum Gasteiger partial charge on any atom is -0.396 e. The lowest BCUT2D eigenvalue weighted by molar-refractivity contribution is 0.0875. The molecule has 0 aliphatic rings. The van der Waals surface area contributed by atoms with Gasteiger partial charge in [-0.1, -0.05) is 0 Å². The second kappa shape index (κ2) is 8.03. The molecule has 1 atom stereocenters. The van der Waals surface area contributed by atoms with E-state index in [-0.39, 0.29) is 45.5 Å². The number of aliphatic hydroxyl groups excluding tert-OH is 3. The van der Waals surface area contributed by atoms with Crippen molar-refractivity contribution in [1.82, 2.24) is 5.32 Å². The van der Waals surface area contributed by atoms with E-state index >= 15 is 0 Å². The largest absolute Gasteiger partial charge is 0.396 e. The van der Waals surface area contributed by atoms with Crippen molar-refractivity contribution in [1.29, 1.82) is 0 Å². The summed E-state index contributed by atoms with van der Waals surface area (Å²) in [7, 11) is -2.86. The predicted octanol–water partition coefficient (Wildman–Crippen LogP) is -1.06.